The minimum Gasteiger partial charge on any atom is -0.336 e. The summed E-state index contributed by atoms with van der Waals surface area (Å²) in [5.41, 5.74) is 0. The van der Waals surface area contributed by atoms with E-state index >= 15 is 0 Å². The van der Waals surface area contributed by atoms with Gasteiger partial charge in [0.25, 0.3) is 0 Å². The van der Waals surface area contributed by atoms with Crippen molar-refractivity contribution in [2.45, 2.75) is 12.2 Å². The number of thioether (sulfide) groups is 1. The number of nitrogens with zero attached hydrogens (tertiary/aromatic N) is 1. The lowest BCUT2D eigenvalue weighted by atomic mass is 10.4. The third-order valence-electron chi connectivity index (χ3n) is 2.34. The summed E-state index contributed by atoms with van der Waals surface area (Å²) in [5.74, 6) is 0. The fourth-order valence-electron chi connectivity index (χ4n) is 1.33. The summed E-state index contributed by atoms with van der Waals surface area (Å²) in [7, 11) is 0. The van der Waals surface area contributed by atoms with Crippen LogP contribution in [0, 0.1) is 0 Å². The Morgan fingerprint density at radius 2 is 2.50 bits per heavy atom. The highest BCUT2D eigenvalue weighted by atomic mass is 32.2. The molecule has 1 aliphatic heterocycles. The number of carbonyl (C=O) groups excluding carboxylic acids is 1. The highest BCUT2D eigenvalue weighted by Crippen LogP contribution is 2.02. The van der Waals surface area contributed by atoms with Gasteiger partial charge in [-0.3, -0.25) is 0 Å². The summed E-state index contributed by atoms with van der Waals surface area (Å²) >= 11 is 1.85. The molecular weight excluding hydrogens is 198 g/mol. The normalized spacial score (nSPS) is 18.4. The molecule has 1 heterocycles. The van der Waals surface area contributed by atoms with Crippen molar-refractivity contribution in [1.29, 1.82) is 0 Å². The summed E-state index contributed by atoms with van der Waals surface area (Å²) < 4.78 is 0. The number of amides is 2. The molecule has 0 aromatic rings. The van der Waals surface area contributed by atoms with Crippen LogP contribution < -0.4 is 10.6 Å². The highest BCUT2D eigenvalue weighted by Gasteiger charge is 2.17. The van der Waals surface area contributed by atoms with E-state index < -0.39 is 0 Å². The molecule has 0 spiro atoms. The zero-order valence-electron chi connectivity index (χ0n) is 8.88. The molecule has 82 valence electrons. The summed E-state index contributed by atoms with van der Waals surface area (Å²) in [6, 6.07) is 0.0738. The third kappa shape index (κ3) is 3.75. The van der Waals surface area contributed by atoms with Crippen LogP contribution in [-0.2, 0) is 0 Å². The monoisotopic (exact) mass is 217 g/mol. The molecule has 0 aliphatic carbocycles. The van der Waals surface area contributed by atoms with E-state index in [1.807, 2.05) is 16.7 Å². The Morgan fingerprint density at radius 3 is 3.07 bits per heavy atom. The average molecular weight is 217 g/mol. The summed E-state index contributed by atoms with van der Waals surface area (Å²) in [4.78, 5) is 13.0. The number of hydrogen-bond acceptors (Lipinski definition) is 3. The SMILES string of the molecule is CSC(C)CNCCN1CCNC1=O. The largest absolute Gasteiger partial charge is 0.336 e. The second-order valence-corrected chi connectivity index (χ2v) is 4.75. The van der Waals surface area contributed by atoms with E-state index in [1.165, 1.54) is 0 Å². The lowest BCUT2D eigenvalue weighted by Gasteiger charge is -2.15. The van der Waals surface area contributed by atoms with E-state index in [0.717, 1.165) is 32.7 Å². The molecule has 0 aromatic heterocycles. The molecule has 2 amide bonds. The standard InChI is InChI=1S/C9H19N3OS/c1-8(14-2)7-10-3-5-12-6-4-11-9(12)13/h8,10H,3-7H2,1-2H3,(H,11,13). The molecule has 0 radical (unpaired) electrons. The number of hydrogen-bond donors (Lipinski definition) is 2. The second-order valence-electron chi connectivity index (χ2n) is 3.47. The van der Waals surface area contributed by atoms with Crippen molar-refractivity contribution < 1.29 is 4.79 Å². The Bertz CT molecular complexity index is 189. The molecule has 1 aliphatic rings. The van der Waals surface area contributed by atoms with Crippen LogP contribution in [0.15, 0.2) is 0 Å². The fraction of sp³-hybridized carbons (Fsp3) is 0.889. The Hall–Kier alpha value is -0.420. The zero-order chi connectivity index (χ0) is 10.4. The first kappa shape index (κ1) is 11.7. The molecule has 14 heavy (non-hydrogen) atoms. The summed E-state index contributed by atoms with van der Waals surface area (Å²) in [6.07, 6.45) is 2.11. The van der Waals surface area contributed by atoms with Crippen molar-refractivity contribution in [3.8, 4) is 0 Å². The minimum absolute atomic E-state index is 0.0738. The predicted octanol–water partition coefficient (Wildman–Crippen LogP) is 0.353. The molecule has 5 heteroatoms. The summed E-state index contributed by atoms with van der Waals surface area (Å²) in [6.45, 7) is 6.54. The maximum absolute atomic E-state index is 11.1. The molecule has 1 rings (SSSR count). The number of urea groups is 1. The zero-order valence-corrected chi connectivity index (χ0v) is 9.69. The van der Waals surface area contributed by atoms with Gasteiger partial charge in [0.1, 0.15) is 0 Å². The highest BCUT2D eigenvalue weighted by molar-refractivity contribution is 7.99. The molecular formula is C9H19N3OS. The van der Waals surface area contributed by atoms with Gasteiger partial charge in [-0.05, 0) is 6.26 Å². The molecule has 1 fully saturated rings. The first-order valence-corrected chi connectivity index (χ1v) is 6.29. The fourth-order valence-corrected chi connectivity index (χ4v) is 1.61. The van der Waals surface area contributed by atoms with Crippen LogP contribution in [0.2, 0.25) is 0 Å². The van der Waals surface area contributed by atoms with Gasteiger partial charge >= 0.3 is 6.03 Å². The van der Waals surface area contributed by atoms with Crippen LogP contribution in [0.4, 0.5) is 4.79 Å². The molecule has 0 saturated carbocycles. The topological polar surface area (TPSA) is 44.4 Å². The average Bonchev–Trinajstić information content (AvgIpc) is 2.58. The molecule has 0 aromatic carbocycles. The van der Waals surface area contributed by atoms with Gasteiger partial charge in [-0.2, -0.15) is 11.8 Å². The maximum Gasteiger partial charge on any atom is 0.317 e. The van der Waals surface area contributed by atoms with Gasteiger partial charge in [0, 0.05) is 38.0 Å². The lowest BCUT2D eigenvalue weighted by molar-refractivity contribution is 0.217. The lowest BCUT2D eigenvalue weighted by Crippen LogP contribution is -2.36. The van der Waals surface area contributed by atoms with Crippen molar-refractivity contribution in [1.82, 2.24) is 15.5 Å². The van der Waals surface area contributed by atoms with Crippen LogP contribution in [-0.4, -0.2) is 55.2 Å². The predicted molar refractivity (Wildman–Crippen MR) is 60.8 cm³/mol. The molecule has 0 bridgehead atoms. The van der Waals surface area contributed by atoms with Crippen molar-refractivity contribution in [2.75, 3.05) is 39.0 Å². The minimum atomic E-state index is 0.0738. The molecule has 1 unspecified atom stereocenters. The van der Waals surface area contributed by atoms with Gasteiger partial charge in [-0.15, -0.1) is 0 Å². The first-order chi connectivity index (χ1) is 6.74. The number of carbonyl (C=O) groups is 1. The van der Waals surface area contributed by atoms with E-state index in [2.05, 4.69) is 23.8 Å². The quantitative estimate of drug-likeness (QED) is 0.631. The van der Waals surface area contributed by atoms with Crippen LogP contribution in [0.5, 0.6) is 0 Å². The molecule has 1 atom stereocenters. The van der Waals surface area contributed by atoms with Crippen molar-refractivity contribution in [2.24, 2.45) is 0 Å². The Labute approximate surface area is 89.8 Å². The Morgan fingerprint density at radius 1 is 1.71 bits per heavy atom. The van der Waals surface area contributed by atoms with Gasteiger partial charge < -0.3 is 15.5 Å². The third-order valence-corrected chi connectivity index (χ3v) is 3.31. The molecule has 4 nitrogen and oxygen atoms in total. The maximum atomic E-state index is 11.1. The van der Waals surface area contributed by atoms with Crippen molar-refractivity contribution in [3.63, 3.8) is 0 Å². The van der Waals surface area contributed by atoms with Gasteiger partial charge in [0.05, 0.1) is 0 Å². The van der Waals surface area contributed by atoms with E-state index in [9.17, 15) is 4.79 Å². The van der Waals surface area contributed by atoms with Gasteiger partial charge in [0.2, 0.25) is 0 Å². The van der Waals surface area contributed by atoms with Gasteiger partial charge in [-0.1, -0.05) is 6.92 Å². The van der Waals surface area contributed by atoms with Crippen molar-refractivity contribution >= 4 is 17.8 Å². The second kappa shape index (κ2) is 6.14. The van der Waals surface area contributed by atoms with Crippen LogP contribution in [0.1, 0.15) is 6.92 Å². The Kier molecular flexibility index (Phi) is 5.11. The Balaban J connectivity index is 2.01. The molecule has 1 saturated heterocycles. The van der Waals surface area contributed by atoms with E-state index in [4.69, 9.17) is 0 Å². The van der Waals surface area contributed by atoms with Crippen LogP contribution >= 0.6 is 11.8 Å². The van der Waals surface area contributed by atoms with Crippen LogP contribution in [0.3, 0.4) is 0 Å². The van der Waals surface area contributed by atoms with E-state index in [-0.39, 0.29) is 6.03 Å². The number of nitrogens with one attached hydrogen (secondary N) is 2. The van der Waals surface area contributed by atoms with Gasteiger partial charge in [0.15, 0.2) is 0 Å². The van der Waals surface area contributed by atoms with Gasteiger partial charge in [-0.25, -0.2) is 4.79 Å². The first-order valence-electron chi connectivity index (χ1n) is 5.00. The van der Waals surface area contributed by atoms with Crippen molar-refractivity contribution in [3.05, 3.63) is 0 Å². The van der Waals surface area contributed by atoms with E-state index in [0.29, 0.717) is 5.25 Å². The number of rotatable bonds is 6. The van der Waals surface area contributed by atoms with Crippen LogP contribution in [0.25, 0.3) is 0 Å². The molecule has 2 N–H and O–H groups in total. The van der Waals surface area contributed by atoms with E-state index in [1.54, 1.807) is 0 Å². The smallest absolute Gasteiger partial charge is 0.317 e. The summed E-state index contributed by atoms with van der Waals surface area (Å²) in [5, 5.41) is 6.77.